The average molecular weight is 342 g/mol. The lowest BCUT2D eigenvalue weighted by Gasteiger charge is -2.33. The summed E-state index contributed by atoms with van der Waals surface area (Å²) in [6, 6.07) is 4.46. The minimum atomic E-state index is -0.323. The summed E-state index contributed by atoms with van der Waals surface area (Å²) in [6.07, 6.45) is 0. The number of benzene rings is 1. The van der Waals surface area contributed by atoms with Gasteiger partial charge in [0, 0.05) is 30.8 Å². The van der Waals surface area contributed by atoms with Crippen molar-refractivity contribution >= 4 is 11.6 Å². The van der Waals surface area contributed by atoms with Gasteiger partial charge in [-0.05, 0) is 12.1 Å². The van der Waals surface area contributed by atoms with E-state index in [1.807, 2.05) is 4.90 Å². The second-order valence-corrected chi connectivity index (χ2v) is 5.65. The maximum absolute atomic E-state index is 14.0. The van der Waals surface area contributed by atoms with Gasteiger partial charge in [-0.25, -0.2) is 4.39 Å². The van der Waals surface area contributed by atoms with E-state index in [2.05, 4.69) is 10.1 Å². The molecule has 1 fully saturated rings. The number of hydrogen-bond donors (Lipinski definition) is 0. The summed E-state index contributed by atoms with van der Waals surface area (Å²) in [5, 5.41) is 4.39. The Hall–Kier alpha value is -1.54. The zero-order valence-corrected chi connectivity index (χ0v) is 13.4. The van der Waals surface area contributed by atoms with Gasteiger partial charge in [-0.3, -0.25) is 4.90 Å². The highest BCUT2D eigenvalue weighted by molar-refractivity contribution is 6.31. The van der Waals surface area contributed by atoms with Crippen LogP contribution >= 0.6 is 11.6 Å². The first-order valence-electron chi connectivity index (χ1n) is 7.25. The van der Waals surface area contributed by atoms with Crippen LogP contribution in [0.1, 0.15) is 23.3 Å². The van der Waals surface area contributed by atoms with Crippen molar-refractivity contribution in [3.63, 3.8) is 0 Å². The monoisotopic (exact) mass is 341 g/mol. The molecule has 0 amide bonds. The van der Waals surface area contributed by atoms with Gasteiger partial charge in [0.05, 0.1) is 19.3 Å². The summed E-state index contributed by atoms with van der Waals surface area (Å²) in [5.74, 6) is 0.581. The van der Waals surface area contributed by atoms with E-state index in [1.54, 1.807) is 19.2 Å². The maximum Gasteiger partial charge on any atom is 0.252 e. The van der Waals surface area contributed by atoms with Crippen LogP contribution in [0.25, 0.3) is 0 Å². The fourth-order valence-corrected chi connectivity index (χ4v) is 2.76. The van der Waals surface area contributed by atoms with Crippen LogP contribution in [0.4, 0.5) is 4.39 Å². The molecule has 1 aliphatic rings. The Bertz CT molecular complexity index is 647. The molecule has 1 aromatic heterocycles. The van der Waals surface area contributed by atoms with E-state index in [9.17, 15) is 4.39 Å². The third kappa shape index (κ3) is 3.69. The Morgan fingerprint density at radius 2 is 2.35 bits per heavy atom. The van der Waals surface area contributed by atoms with E-state index < -0.39 is 0 Å². The molecule has 8 heteroatoms. The molecule has 2 aromatic rings. The Morgan fingerprint density at radius 1 is 1.48 bits per heavy atom. The van der Waals surface area contributed by atoms with Crippen LogP contribution in [0.2, 0.25) is 5.02 Å². The average Bonchev–Trinajstić information content (AvgIpc) is 3.00. The van der Waals surface area contributed by atoms with Crippen molar-refractivity contribution in [2.24, 2.45) is 0 Å². The molecule has 0 radical (unpaired) electrons. The van der Waals surface area contributed by atoms with E-state index in [4.69, 9.17) is 25.6 Å². The highest BCUT2D eigenvalue weighted by Gasteiger charge is 2.30. The van der Waals surface area contributed by atoms with Crippen LogP contribution in [0.5, 0.6) is 0 Å². The predicted molar refractivity (Wildman–Crippen MR) is 80.4 cm³/mol. The lowest BCUT2D eigenvalue weighted by atomic mass is 10.1. The van der Waals surface area contributed by atoms with Gasteiger partial charge in [-0.15, -0.1) is 0 Å². The Labute approximate surface area is 138 Å². The van der Waals surface area contributed by atoms with E-state index >= 15 is 0 Å². The van der Waals surface area contributed by atoms with Crippen molar-refractivity contribution < 1.29 is 18.4 Å². The number of ether oxygens (including phenoxy) is 2. The Morgan fingerprint density at radius 3 is 3.13 bits per heavy atom. The fraction of sp³-hybridized carbons (Fsp3) is 0.467. The molecule has 1 aromatic carbocycles. The highest BCUT2D eigenvalue weighted by Crippen LogP contribution is 2.27. The normalized spacial score (nSPS) is 19.2. The lowest BCUT2D eigenvalue weighted by Crippen LogP contribution is -2.39. The molecule has 1 unspecified atom stereocenters. The van der Waals surface area contributed by atoms with Gasteiger partial charge in [0.25, 0.3) is 5.89 Å². The third-order valence-electron chi connectivity index (χ3n) is 3.71. The van der Waals surface area contributed by atoms with Gasteiger partial charge >= 0.3 is 0 Å². The number of morpholine rings is 1. The van der Waals surface area contributed by atoms with E-state index in [1.165, 1.54) is 6.07 Å². The molecule has 124 valence electrons. The number of rotatable bonds is 5. The minimum Gasteiger partial charge on any atom is -0.378 e. The molecule has 1 saturated heterocycles. The van der Waals surface area contributed by atoms with Gasteiger partial charge in [-0.2, -0.15) is 4.98 Å². The first-order chi connectivity index (χ1) is 11.2. The molecule has 0 aliphatic carbocycles. The zero-order chi connectivity index (χ0) is 16.2. The van der Waals surface area contributed by atoms with E-state index in [0.717, 1.165) is 0 Å². The molecule has 0 spiro atoms. The fourth-order valence-electron chi connectivity index (χ4n) is 2.54. The van der Waals surface area contributed by atoms with Crippen molar-refractivity contribution in [3.05, 3.63) is 46.3 Å². The quantitative estimate of drug-likeness (QED) is 0.833. The van der Waals surface area contributed by atoms with Gasteiger partial charge in [-0.1, -0.05) is 22.8 Å². The van der Waals surface area contributed by atoms with E-state index in [-0.39, 0.29) is 18.5 Å². The number of methoxy groups -OCH3 is 1. The van der Waals surface area contributed by atoms with Crippen LogP contribution in [0.15, 0.2) is 22.7 Å². The number of aromatic nitrogens is 2. The molecular formula is C15H17ClFN3O3. The first-order valence-corrected chi connectivity index (χ1v) is 7.63. The molecule has 0 bridgehead atoms. The number of nitrogens with zero attached hydrogens (tertiary/aromatic N) is 3. The molecule has 23 heavy (non-hydrogen) atoms. The predicted octanol–water partition coefficient (Wildman–Crippen LogP) is 2.58. The van der Waals surface area contributed by atoms with Gasteiger partial charge in [0.2, 0.25) is 0 Å². The van der Waals surface area contributed by atoms with Crippen molar-refractivity contribution in [1.29, 1.82) is 0 Å². The smallest absolute Gasteiger partial charge is 0.252 e. The highest BCUT2D eigenvalue weighted by atomic mass is 35.5. The lowest BCUT2D eigenvalue weighted by molar-refractivity contribution is -0.0170. The summed E-state index contributed by atoms with van der Waals surface area (Å²) in [5.41, 5.74) is 0.460. The van der Waals surface area contributed by atoms with Crippen LogP contribution in [0.3, 0.4) is 0 Å². The van der Waals surface area contributed by atoms with Gasteiger partial charge in [0.15, 0.2) is 5.82 Å². The van der Waals surface area contributed by atoms with E-state index in [0.29, 0.717) is 48.6 Å². The summed E-state index contributed by atoms with van der Waals surface area (Å²) < 4.78 is 29.7. The summed E-state index contributed by atoms with van der Waals surface area (Å²) in [4.78, 5) is 6.35. The second-order valence-electron chi connectivity index (χ2n) is 5.24. The molecule has 1 atom stereocenters. The van der Waals surface area contributed by atoms with Gasteiger partial charge in [0.1, 0.15) is 12.4 Å². The number of halogens is 2. The first kappa shape index (κ1) is 16.3. The molecule has 1 aliphatic heterocycles. The van der Waals surface area contributed by atoms with Gasteiger partial charge < -0.3 is 14.0 Å². The largest absolute Gasteiger partial charge is 0.378 e. The maximum atomic E-state index is 14.0. The SMILES string of the molecule is COCc1nc(C2COCCN2Cc2c(F)cccc2Cl)no1. The van der Waals surface area contributed by atoms with Crippen molar-refractivity contribution in [2.45, 2.75) is 19.2 Å². The topological polar surface area (TPSA) is 60.6 Å². The number of hydrogen-bond acceptors (Lipinski definition) is 6. The van der Waals surface area contributed by atoms with Crippen molar-refractivity contribution in [3.8, 4) is 0 Å². The van der Waals surface area contributed by atoms with Crippen LogP contribution < -0.4 is 0 Å². The Balaban J connectivity index is 1.81. The third-order valence-corrected chi connectivity index (χ3v) is 4.07. The van der Waals surface area contributed by atoms with Crippen molar-refractivity contribution in [2.75, 3.05) is 26.9 Å². The summed E-state index contributed by atoms with van der Waals surface area (Å²) in [7, 11) is 1.56. The molecule has 2 heterocycles. The summed E-state index contributed by atoms with van der Waals surface area (Å²) in [6.45, 7) is 2.21. The van der Waals surface area contributed by atoms with Crippen molar-refractivity contribution in [1.82, 2.24) is 15.0 Å². The minimum absolute atomic E-state index is 0.214. The van der Waals surface area contributed by atoms with Crippen LogP contribution in [-0.4, -0.2) is 41.9 Å². The molecule has 6 nitrogen and oxygen atoms in total. The standard InChI is InChI=1S/C15H17ClFN3O3/c1-21-9-14-18-15(19-23-14)13-8-22-6-5-20(13)7-10-11(16)3-2-4-12(10)17/h2-4,13H,5-9H2,1H3. The second kappa shape index (κ2) is 7.35. The molecule has 0 N–H and O–H groups in total. The zero-order valence-electron chi connectivity index (χ0n) is 12.7. The molecule has 0 saturated carbocycles. The van der Waals surface area contributed by atoms with Crippen LogP contribution in [0, 0.1) is 5.82 Å². The van der Waals surface area contributed by atoms with Crippen LogP contribution in [-0.2, 0) is 22.6 Å². The Kier molecular flexibility index (Phi) is 5.22. The molecule has 3 rings (SSSR count). The summed E-state index contributed by atoms with van der Waals surface area (Å²) >= 11 is 6.12. The molecular weight excluding hydrogens is 325 g/mol.